The summed E-state index contributed by atoms with van der Waals surface area (Å²) in [7, 11) is -6.21. The Balaban J connectivity index is 0.870. The molecule has 640 valence electrons. The molecule has 1 aromatic heterocycles. The van der Waals surface area contributed by atoms with Gasteiger partial charge in [0.1, 0.15) is 52.0 Å². The van der Waals surface area contributed by atoms with E-state index < -0.39 is 17.3 Å². The smallest absolute Gasteiger partial charge is 0.457 e. The van der Waals surface area contributed by atoms with Crippen LogP contribution in [0.3, 0.4) is 0 Å². The number of nitrogens with one attached hydrogen (secondary N) is 1. The molecule has 3 aliphatic rings. The number of nitrogens with zero attached hydrogens (tertiary/aromatic N) is 5. The fraction of sp³-hybridized carbons (Fsp3) is 0.543. The van der Waals surface area contributed by atoms with Gasteiger partial charge in [-0.2, -0.15) is 8.42 Å². The number of rotatable bonds is 62. The minimum Gasteiger partial charge on any atom is -0.457 e. The van der Waals surface area contributed by atoms with Gasteiger partial charge in [0.2, 0.25) is 0 Å². The SMILES string of the molecule is CCCCCCCCCCCCCCCc1cccc(Oc2ccc3c(c2)C(=N)N2B(OS(=O)(=O)c4ccc(CCCCCCCCCCCC)cc4)n4cc5ccc(Oc6cccc(CCCCCCCCCCCCCCC)c6)cc5c4N=C4N=C(N=C32)c2cc(Oc3cccc(CCCCCCCCCCCCCCC)c3)ccc24)c1. The van der Waals surface area contributed by atoms with Crippen LogP contribution in [0.2, 0.25) is 0 Å². The van der Waals surface area contributed by atoms with Crippen molar-refractivity contribution in [1.29, 1.82) is 5.41 Å². The second-order valence-corrected chi connectivity index (χ2v) is 36.3. The number of hydrogen-bond acceptors (Lipinski definition) is 10. The van der Waals surface area contributed by atoms with Gasteiger partial charge in [-0.15, -0.1) is 0 Å². The minimum atomic E-state index is -4.62. The number of hydrogen-bond donors (Lipinski definition) is 1. The zero-order valence-corrected chi connectivity index (χ0v) is 74.5. The molecule has 7 aromatic carbocycles. The van der Waals surface area contributed by atoms with Crippen LogP contribution in [0.25, 0.3) is 10.8 Å². The molecular formula is C105H145BN6O6S. The van der Waals surface area contributed by atoms with Crippen molar-refractivity contribution in [3.63, 3.8) is 0 Å². The molecule has 0 fully saturated rings. The second kappa shape index (κ2) is 51.6. The molecule has 0 saturated carbocycles. The van der Waals surface area contributed by atoms with Crippen molar-refractivity contribution >= 4 is 57.2 Å². The van der Waals surface area contributed by atoms with Gasteiger partial charge in [-0.05, 0) is 177 Å². The van der Waals surface area contributed by atoms with E-state index in [4.69, 9.17) is 33.3 Å². The number of aliphatic imine (C=N–C) groups is 3. The molecule has 0 saturated heterocycles. The molecule has 0 unspecified atom stereocenters. The van der Waals surface area contributed by atoms with Gasteiger partial charge in [0, 0.05) is 39.2 Å². The summed E-state index contributed by atoms with van der Waals surface area (Å²) in [6.07, 6.45) is 69.4. The Hall–Kier alpha value is -8.07. The van der Waals surface area contributed by atoms with Crippen LogP contribution in [0.1, 0.15) is 387 Å². The first-order valence-electron chi connectivity index (χ1n) is 48.0. The molecule has 11 rings (SSSR count). The Morgan fingerprint density at radius 1 is 0.319 bits per heavy atom. The van der Waals surface area contributed by atoms with Crippen molar-refractivity contribution in [3.8, 4) is 34.5 Å². The van der Waals surface area contributed by atoms with Gasteiger partial charge in [0.05, 0.1) is 4.90 Å². The lowest BCUT2D eigenvalue weighted by Crippen LogP contribution is -2.51. The Kier molecular flexibility index (Phi) is 39.8. The highest BCUT2D eigenvalue weighted by Gasteiger charge is 2.47. The first-order valence-corrected chi connectivity index (χ1v) is 49.4. The lowest BCUT2D eigenvalue weighted by molar-refractivity contribution is 0.467. The van der Waals surface area contributed by atoms with Crippen molar-refractivity contribution in [2.24, 2.45) is 15.0 Å². The summed E-state index contributed by atoms with van der Waals surface area (Å²) >= 11 is 0. The number of unbranched alkanes of at least 4 members (excludes halogenated alkanes) is 45. The molecule has 4 heterocycles. The van der Waals surface area contributed by atoms with Crippen molar-refractivity contribution < 1.29 is 26.7 Å². The van der Waals surface area contributed by atoms with Crippen LogP contribution in [0.15, 0.2) is 178 Å². The van der Waals surface area contributed by atoms with E-state index >= 15 is 8.42 Å². The minimum absolute atomic E-state index is 0.00114. The molecule has 8 aromatic rings. The van der Waals surface area contributed by atoms with Gasteiger partial charge < -0.3 is 23.5 Å². The van der Waals surface area contributed by atoms with Crippen LogP contribution in [-0.4, -0.2) is 48.2 Å². The summed E-state index contributed by atoms with van der Waals surface area (Å²) in [6, 6.07) is 49.9. The third-order valence-corrected chi connectivity index (χ3v) is 25.9. The number of benzene rings is 7. The summed E-state index contributed by atoms with van der Waals surface area (Å²) in [6.45, 7) is 9.12. The molecule has 2 bridgehead atoms. The van der Waals surface area contributed by atoms with Gasteiger partial charge in [-0.3, -0.25) is 9.51 Å². The number of amidine groups is 4. The molecule has 0 radical (unpaired) electrons. The molecule has 0 spiro atoms. The van der Waals surface area contributed by atoms with Crippen molar-refractivity contribution in [3.05, 3.63) is 202 Å². The van der Waals surface area contributed by atoms with Crippen LogP contribution in [0, 0.1) is 5.41 Å². The van der Waals surface area contributed by atoms with Crippen LogP contribution in [-0.2, 0) is 39.9 Å². The van der Waals surface area contributed by atoms with Gasteiger partial charge in [0.25, 0.3) is 10.1 Å². The zero-order valence-electron chi connectivity index (χ0n) is 73.7. The summed E-state index contributed by atoms with van der Waals surface area (Å²) in [4.78, 5) is 17.9. The highest BCUT2D eigenvalue weighted by Crippen LogP contribution is 2.42. The van der Waals surface area contributed by atoms with Crippen LogP contribution < -0.4 is 14.2 Å². The van der Waals surface area contributed by atoms with Crippen LogP contribution in [0.5, 0.6) is 34.5 Å². The predicted molar refractivity (Wildman–Crippen MR) is 502 cm³/mol. The summed E-state index contributed by atoms with van der Waals surface area (Å²) in [5.41, 5.74) is 7.20. The summed E-state index contributed by atoms with van der Waals surface area (Å²) in [5, 5.41) is 11.9. The third-order valence-electron chi connectivity index (χ3n) is 24.7. The van der Waals surface area contributed by atoms with E-state index in [9.17, 15) is 5.41 Å². The highest BCUT2D eigenvalue weighted by molar-refractivity contribution is 7.87. The van der Waals surface area contributed by atoms with Gasteiger partial charge in [0.15, 0.2) is 11.7 Å². The Labute approximate surface area is 718 Å². The lowest BCUT2D eigenvalue weighted by Gasteiger charge is -2.27. The Morgan fingerprint density at radius 2 is 0.655 bits per heavy atom. The Morgan fingerprint density at radius 3 is 1.06 bits per heavy atom. The summed E-state index contributed by atoms with van der Waals surface area (Å²) < 4.78 is 60.0. The summed E-state index contributed by atoms with van der Waals surface area (Å²) in [5.74, 6) is 5.16. The molecule has 0 atom stereocenters. The molecule has 12 nitrogen and oxygen atoms in total. The first kappa shape index (κ1) is 91.7. The third kappa shape index (κ3) is 29.9. The number of fused-ring (bicyclic) bond motifs is 10. The topological polar surface area (TPSA) is 140 Å². The van der Waals surface area contributed by atoms with E-state index in [2.05, 4.69) is 82.3 Å². The normalized spacial score (nSPS) is 13.0. The maximum atomic E-state index is 15.5. The molecule has 14 heteroatoms. The van der Waals surface area contributed by atoms with E-state index in [-0.39, 0.29) is 16.6 Å². The molecule has 119 heavy (non-hydrogen) atoms. The number of aromatic nitrogens is 1. The highest BCUT2D eigenvalue weighted by atomic mass is 32.2. The lowest BCUT2D eigenvalue weighted by atomic mass is 9.97. The van der Waals surface area contributed by atoms with Crippen molar-refractivity contribution in [2.75, 3.05) is 0 Å². The molecular weight excluding hydrogens is 1480 g/mol. The Bertz CT molecular complexity index is 4560. The fourth-order valence-corrected chi connectivity index (χ4v) is 18.5. The van der Waals surface area contributed by atoms with Gasteiger partial charge >= 0.3 is 7.19 Å². The second-order valence-electron chi connectivity index (χ2n) is 34.7. The van der Waals surface area contributed by atoms with E-state index in [0.717, 1.165) is 80.2 Å². The fourth-order valence-electron chi connectivity index (χ4n) is 17.5. The van der Waals surface area contributed by atoms with Gasteiger partial charge in [-0.1, -0.05) is 365 Å². The van der Waals surface area contributed by atoms with Crippen molar-refractivity contribution in [2.45, 2.75) is 373 Å². The largest absolute Gasteiger partial charge is 0.576 e. The van der Waals surface area contributed by atoms with E-state index in [0.29, 0.717) is 68.1 Å². The molecule has 1 N–H and O–H groups in total. The predicted octanol–water partition coefficient (Wildman–Crippen LogP) is 31.6. The van der Waals surface area contributed by atoms with E-state index in [1.807, 2.05) is 91.1 Å². The standard InChI is InChI=1S/C105H145BN6O6S/c1-5-9-13-17-21-25-29-32-35-39-43-47-51-58-85-61-54-64-89(77-85)115-92-70-69-88-83-111-104(98(88)80-92)109-102-96-75-71-94(117-91-66-56-63-87(79-91)60-53-49-45-41-37-34-31-27-23-19-15-11-7-3)82-100(96)103(108-102)110-105-97-76-72-93(116-90-65-55-62-86(78-90)59-52-48-44-40-36-33-30-26-22-18-14-10-6-2)81-99(97)101(107)112(105)106(111)118-119(113,114)95-73-67-84(68-74-95)57-50-46-42-38-28-24-20-16-12-8-4/h54-56,61-83,107H,5-53,57-60H2,1-4H3. The zero-order chi connectivity index (χ0) is 82.7. The van der Waals surface area contributed by atoms with Gasteiger partial charge in [-0.25, -0.2) is 15.0 Å². The van der Waals surface area contributed by atoms with E-state index in [1.54, 1.807) is 21.4 Å². The van der Waals surface area contributed by atoms with Crippen LogP contribution in [0.4, 0.5) is 5.82 Å². The van der Waals surface area contributed by atoms with E-state index in [1.165, 1.54) is 299 Å². The molecule has 3 aliphatic heterocycles. The monoisotopic (exact) mass is 1630 g/mol. The molecule has 0 aliphatic carbocycles. The average Bonchev–Trinajstić information content (AvgIpc) is 1.57. The average molecular weight is 1630 g/mol. The maximum absolute atomic E-state index is 15.5. The van der Waals surface area contributed by atoms with Crippen molar-refractivity contribution in [1.82, 2.24) is 9.29 Å². The number of ether oxygens (including phenoxy) is 3. The maximum Gasteiger partial charge on any atom is 0.576 e. The number of aryl methyl sites for hydroxylation is 4. The first-order chi connectivity index (χ1) is 58.6. The quantitative estimate of drug-likeness (QED) is 0.0296. The van der Waals surface area contributed by atoms with Crippen LogP contribution >= 0.6 is 0 Å². The molecule has 0 amide bonds.